The van der Waals surface area contributed by atoms with Crippen molar-refractivity contribution in [2.45, 2.75) is 18.5 Å². The Morgan fingerprint density at radius 1 is 1.11 bits per heavy atom. The van der Waals surface area contributed by atoms with Gasteiger partial charge in [0.15, 0.2) is 16.8 Å². The lowest BCUT2D eigenvalue weighted by Crippen LogP contribution is -2.10. The van der Waals surface area contributed by atoms with Crippen molar-refractivity contribution in [3.05, 3.63) is 59.9 Å². The number of nitrogens with zero attached hydrogens (tertiary/aromatic N) is 3. The average Bonchev–Trinajstić information content (AvgIpc) is 3.07. The Balaban J connectivity index is 1.65. The van der Waals surface area contributed by atoms with Gasteiger partial charge in [-0.15, -0.1) is 10.2 Å². The van der Waals surface area contributed by atoms with Crippen LogP contribution in [-0.2, 0) is 11.8 Å². The molecule has 2 aromatic carbocycles. The van der Waals surface area contributed by atoms with Crippen LogP contribution in [0.3, 0.4) is 0 Å². The third-order valence-electron chi connectivity index (χ3n) is 4.09. The maximum Gasteiger partial charge on any atom is 0.224 e. The van der Waals surface area contributed by atoms with Gasteiger partial charge in [0.2, 0.25) is 5.91 Å². The fraction of sp³-hybridized carbons (Fsp3) is 0.200. The number of rotatable bonds is 7. The van der Waals surface area contributed by atoms with Crippen LogP contribution < -0.4 is 5.32 Å². The van der Waals surface area contributed by atoms with E-state index in [9.17, 15) is 14.0 Å². The zero-order valence-electron chi connectivity index (χ0n) is 15.5. The summed E-state index contributed by atoms with van der Waals surface area (Å²) < 4.78 is 15.6. The molecular weight excluding hydrogens is 379 g/mol. The molecule has 0 spiro atoms. The average molecular weight is 398 g/mol. The first kappa shape index (κ1) is 19.8. The second-order valence-corrected chi connectivity index (χ2v) is 6.98. The van der Waals surface area contributed by atoms with Crippen LogP contribution in [0.25, 0.3) is 11.4 Å². The molecule has 0 saturated heterocycles. The molecule has 0 radical (unpaired) electrons. The first-order valence-electron chi connectivity index (χ1n) is 8.69. The van der Waals surface area contributed by atoms with Gasteiger partial charge in [-0.3, -0.25) is 9.59 Å². The molecule has 1 amide bonds. The normalized spacial score (nSPS) is 10.7. The molecule has 0 bridgehead atoms. The quantitative estimate of drug-likeness (QED) is 0.482. The molecular formula is C20H19FN4O2S. The van der Waals surface area contributed by atoms with Crippen molar-refractivity contribution in [2.24, 2.45) is 7.05 Å². The number of amides is 1. The molecule has 1 N–H and O–H groups in total. The summed E-state index contributed by atoms with van der Waals surface area (Å²) in [6.45, 7) is 1.77. The predicted molar refractivity (Wildman–Crippen MR) is 107 cm³/mol. The smallest absolute Gasteiger partial charge is 0.224 e. The van der Waals surface area contributed by atoms with Crippen LogP contribution in [0.1, 0.15) is 23.7 Å². The molecule has 3 aromatic rings. The second-order valence-electron chi connectivity index (χ2n) is 6.04. The van der Waals surface area contributed by atoms with Crippen molar-refractivity contribution in [1.82, 2.24) is 14.8 Å². The van der Waals surface area contributed by atoms with Gasteiger partial charge in [0.05, 0.1) is 11.3 Å². The summed E-state index contributed by atoms with van der Waals surface area (Å²) in [5.41, 5.74) is 1.55. The number of carbonyl (C=O) groups excluding carboxylic acids is 2. The minimum Gasteiger partial charge on any atom is -0.326 e. The zero-order valence-corrected chi connectivity index (χ0v) is 16.3. The summed E-state index contributed by atoms with van der Waals surface area (Å²) >= 11 is 1.24. The van der Waals surface area contributed by atoms with Crippen LogP contribution in [-0.4, -0.2) is 32.2 Å². The maximum absolute atomic E-state index is 14.0. The summed E-state index contributed by atoms with van der Waals surface area (Å²) in [5.74, 6) is 0.0468. The van der Waals surface area contributed by atoms with Gasteiger partial charge in [-0.2, -0.15) is 0 Å². The number of ketones is 1. The molecule has 1 heterocycles. The number of hydrogen-bond acceptors (Lipinski definition) is 5. The molecule has 6 nitrogen and oxygen atoms in total. The lowest BCUT2D eigenvalue weighted by Gasteiger charge is -2.06. The van der Waals surface area contributed by atoms with E-state index in [1.807, 2.05) is 0 Å². The van der Waals surface area contributed by atoms with E-state index in [0.717, 1.165) is 0 Å². The van der Waals surface area contributed by atoms with Gasteiger partial charge < -0.3 is 9.88 Å². The van der Waals surface area contributed by atoms with Gasteiger partial charge in [-0.1, -0.05) is 30.8 Å². The Kier molecular flexibility index (Phi) is 6.20. The molecule has 0 aliphatic rings. The predicted octanol–water partition coefficient (Wildman–Crippen LogP) is 3.94. The first-order chi connectivity index (χ1) is 13.5. The molecule has 0 aliphatic heterocycles. The van der Waals surface area contributed by atoms with E-state index in [4.69, 9.17) is 0 Å². The van der Waals surface area contributed by atoms with Crippen molar-refractivity contribution in [3.8, 4) is 11.4 Å². The van der Waals surface area contributed by atoms with Crippen LogP contribution >= 0.6 is 11.8 Å². The van der Waals surface area contributed by atoms with Gasteiger partial charge in [-0.25, -0.2) is 4.39 Å². The Morgan fingerprint density at radius 2 is 1.82 bits per heavy atom. The zero-order chi connectivity index (χ0) is 20.1. The molecule has 0 unspecified atom stereocenters. The van der Waals surface area contributed by atoms with Crippen LogP contribution in [0.2, 0.25) is 0 Å². The molecule has 3 rings (SSSR count). The topological polar surface area (TPSA) is 76.9 Å². The second kappa shape index (κ2) is 8.79. The Hall–Kier alpha value is -3.00. The molecule has 8 heteroatoms. The minimum absolute atomic E-state index is 0.0752. The maximum atomic E-state index is 14.0. The SMILES string of the molecule is CCC(=O)Nc1ccc(C(=O)CSc2nnc(-c3ccccc3F)n2C)cc1. The van der Waals surface area contributed by atoms with Crippen LogP contribution in [0.5, 0.6) is 0 Å². The van der Waals surface area contributed by atoms with E-state index in [2.05, 4.69) is 15.5 Å². The number of halogens is 1. The highest BCUT2D eigenvalue weighted by Crippen LogP contribution is 2.25. The number of Topliss-reactive ketones (excluding diaryl/α,β-unsaturated/α-hetero) is 1. The number of nitrogens with one attached hydrogen (secondary N) is 1. The molecule has 1 aromatic heterocycles. The van der Waals surface area contributed by atoms with Crippen molar-refractivity contribution in [2.75, 3.05) is 11.1 Å². The van der Waals surface area contributed by atoms with Gasteiger partial charge in [0.25, 0.3) is 0 Å². The molecule has 0 atom stereocenters. The Morgan fingerprint density at radius 3 is 2.50 bits per heavy atom. The lowest BCUT2D eigenvalue weighted by molar-refractivity contribution is -0.115. The van der Waals surface area contributed by atoms with E-state index < -0.39 is 0 Å². The molecule has 0 saturated carbocycles. The molecule has 144 valence electrons. The van der Waals surface area contributed by atoms with Crippen LogP contribution in [0.4, 0.5) is 10.1 Å². The number of anilines is 1. The van der Waals surface area contributed by atoms with Crippen molar-refractivity contribution in [3.63, 3.8) is 0 Å². The highest BCUT2D eigenvalue weighted by Gasteiger charge is 2.16. The van der Waals surface area contributed by atoms with E-state index in [1.165, 1.54) is 17.8 Å². The third kappa shape index (κ3) is 4.45. The third-order valence-corrected chi connectivity index (χ3v) is 5.11. The number of carbonyl (C=O) groups is 2. The van der Waals surface area contributed by atoms with Crippen LogP contribution in [0.15, 0.2) is 53.7 Å². The molecule has 28 heavy (non-hydrogen) atoms. The van der Waals surface area contributed by atoms with E-state index in [0.29, 0.717) is 34.2 Å². The van der Waals surface area contributed by atoms with Gasteiger partial charge in [-0.05, 0) is 36.4 Å². The summed E-state index contributed by atoms with van der Waals surface area (Å²) in [6.07, 6.45) is 0.393. The highest BCUT2D eigenvalue weighted by molar-refractivity contribution is 7.99. The highest BCUT2D eigenvalue weighted by atomic mass is 32.2. The van der Waals surface area contributed by atoms with Gasteiger partial charge in [0.1, 0.15) is 5.82 Å². The van der Waals surface area contributed by atoms with Crippen LogP contribution in [0, 0.1) is 5.82 Å². The summed E-state index contributed by atoms with van der Waals surface area (Å²) in [4.78, 5) is 23.8. The fourth-order valence-corrected chi connectivity index (χ4v) is 3.33. The van der Waals surface area contributed by atoms with Crippen molar-refractivity contribution >= 4 is 29.1 Å². The van der Waals surface area contributed by atoms with Crippen molar-refractivity contribution in [1.29, 1.82) is 0 Å². The van der Waals surface area contributed by atoms with E-state index in [-0.39, 0.29) is 23.3 Å². The lowest BCUT2D eigenvalue weighted by atomic mass is 10.1. The minimum atomic E-state index is -0.374. The Labute approximate surface area is 166 Å². The van der Waals surface area contributed by atoms with Gasteiger partial charge in [0, 0.05) is 24.7 Å². The first-order valence-corrected chi connectivity index (χ1v) is 9.68. The van der Waals surface area contributed by atoms with E-state index >= 15 is 0 Å². The van der Waals surface area contributed by atoms with Gasteiger partial charge >= 0.3 is 0 Å². The number of aromatic nitrogens is 3. The van der Waals surface area contributed by atoms with E-state index in [1.54, 1.807) is 61.0 Å². The summed E-state index contributed by atoms with van der Waals surface area (Å²) in [7, 11) is 1.74. The monoisotopic (exact) mass is 398 g/mol. The summed E-state index contributed by atoms with van der Waals surface area (Å²) in [5, 5.41) is 11.4. The standard InChI is InChI=1S/C20H19FN4O2S/c1-3-18(27)22-14-10-8-13(9-11-14)17(26)12-28-20-24-23-19(25(20)2)15-6-4-5-7-16(15)21/h4-11H,3,12H2,1-2H3,(H,22,27). The number of benzene rings is 2. The fourth-order valence-electron chi connectivity index (χ4n) is 2.52. The summed E-state index contributed by atoms with van der Waals surface area (Å²) in [6, 6.07) is 13.1. The largest absolute Gasteiger partial charge is 0.326 e. The molecule has 0 aliphatic carbocycles. The van der Waals surface area contributed by atoms with Crippen molar-refractivity contribution < 1.29 is 14.0 Å². The molecule has 0 fully saturated rings. The Bertz CT molecular complexity index is 1000. The number of hydrogen-bond donors (Lipinski definition) is 1. The number of thioether (sulfide) groups is 1.